The van der Waals surface area contributed by atoms with E-state index in [0.29, 0.717) is 0 Å². The summed E-state index contributed by atoms with van der Waals surface area (Å²) >= 11 is 0. The SMILES string of the molecule is CC(=O)/C=C(/C)O.CC(C)(C)c1ccnc(-c2[c-]cc3c(c2)c2c4c(cc5c6ccccc6n3c52)oc2ccccc24)c1.[Ir]. The molecule has 0 atom stereocenters. The fraction of sp³-hybridized carbons (Fsp3) is 0.158. The van der Waals surface area contributed by atoms with E-state index in [9.17, 15) is 4.79 Å². The maximum atomic E-state index is 10.0. The molecular weight excluding hydrogens is 725 g/mol. The Morgan fingerprint density at radius 2 is 1.59 bits per heavy atom. The van der Waals surface area contributed by atoms with Crippen LogP contribution in [0.2, 0.25) is 0 Å². The van der Waals surface area contributed by atoms with Gasteiger partial charge in [0, 0.05) is 64.8 Å². The van der Waals surface area contributed by atoms with Gasteiger partial charge in [-0.2, -0.15) is 0 Å². The molecule has 0 amide bonds. The standard InChI is InChI=1S/C33H23N2O.C5H8O2.Ir/c1-33(2,3)20-14-15-34-25(17-20)19-12-13-27-24(16-19)31-30-22-9-5-7-11-28(22)36-29(30)18-23-21-8-4-6-10-26(21)35(27)32(23)31;1-4(6)3-5(2)7;/h4-11,13-18H,1-3H3;3,6H,1-2H3;/q-1;;/b;4-3-;. The van der Waals surface area contributed by atoms with E-state index in [4.69, 9.17) is 14.5 Å². The molecule has 8 aromatic rings. The number of rotatable bonds is 2. The summed E-state index contributed by atoms with van der Waals surface area (Å²) < 4.78 is 8.80. The van der Waals surface area contributed by atoms with Crippen molar-refractivity contribution in [2.24, 2.45) is 0 Å². The minimum atomic E-state index is -0.125. The Bertz CT molecular complexity index is 2380. The molecule has 4 aromatic heterocycles. The molecule has 5 nitrogen and oxygen atoms in total. The molecule has 0 unspecified atom stereocenters. The zero-order valence-electron chi connectivity index (χ0n) is 25.2. The number of nitrogens with zero attached hydrogens (tertiary/aromatic N) is 2. The Balaban J connectivity index is 0.000000388. The molecule has 8 rings (SSSR count). The number of hydrogen-bond donors (Lipinski definition) is 1. The van der Waals surface area contributed by atoms with Crippen molar-refractivity contribution in [1.29, 1.82) is 0 Å². The molecule has 221 valence electrons. The van der Waals surface area contributed by atoms with E-state index in [2.05, 4.69) is 104 Å². The smallest absolute Gasteiger partial charge is 0.155 e. The summed E-state index contributed by atoms with van der Waals surface area (Å²) in [5.41, 5.74) is 8.73. The minimum Gasteiger partial charge on any atom is -0.512 e. The summed E-state index contributed by atoms with van der Waals surface area (Å²) in [5.74, 6) is -0.0625. The van der Waals surface area contributed by atoms with Gasteiger partial charge in [0.1, 0.15) is 11.2 Å². The summed E-state index contributed by atoms with van der Waals surface area (Å²) in [6.07, 6.45) is 3.08. The van der Waals surface area contributed by atoms with Gasteiger partial charge in [-0.3, -0.25) is 4.79 Å². The van der Waals surface area contributed by atoms with E-state index in [1.807, 2.05) is 12.3 Å². The zero-order chi connectivity index (χ0) is 30.0. The van der Waals surface area contributed by atoms with Crippen LogP contribution >= 0.6 is 0 Å². The fourth-order valence-corrected chi connectivity index (χ4v) is 6.20. The normalized spacial score (nSPS) is 12.3. The molecule has 1 radical (unpaired) electrons. The molecule has 0 saturated heterocycles. The van der Waals surface area contributed by atoms with Crippen LogP contribution in [-0.2, 0) is 30.3 Å². The second kappa shape index (κ2) is 10.9. The van der Waals surface area contributed by atoms with Crippen molar-refractivity contribution in [1.82, 2.24) is 9.38 Å². The van der Waals surface area contributed by atoms with Crippen LogP contribution in [0.15, 0.2) is 101 Å². The third-order valence-electron chi connectivity index (χ3n) is 8.05. The van der Waals surface area contributed by atoms with E-state index in [-0.39, 0.29) is 37.1 Å². The van der Waals surface area contributed by atoms with E-state index in [0.717, 1.165) is 33.3 Å². The van der Waals surface area contributed by atoms with Gasteiger partial charge >= 0.3 is 0 Å². The molecule has 0 aliphatic rings. The van der Waals surface area contributed by atoms with Crippen LogP contribution in [-0.4, -0.2) is 20.3 Å². The van der Waals surface area contributed by atoms with E-state index in [1.54, 1.807) is 0 Å². The number of pyridine rings is 1. The molecule has 0 saturated carbocycles. The molecule has 6 heteroatoms. The topological polar surface area (TPSA) is 67.7 Å². The maximum Gasteiger partial charge on any atom is 0.155 e. The van der Waals surface area contributed by atoms with Gasteiger partial charge in [0.2, 0.25) is 0 Å². The monoisotopic (exact) mass is 756 g/mol. The quantitative estimate of drug-likeness (QED) is 0.108. The molecule has 4 heterocycles. The number of carbonyl (C=O) groups is 1. The Kier molecular flexibility index (Phi) is 7.31. The maximum absolute atomic E-state index is 10.0. The zero-order valence-corrected chi connectivity index (χ0v) is 27.5. The number of furan rings is 1. The van der Waals surface area contributed by atoms with Gasteiger partial charge in [-0.15, -0.1) is 23.8 Å². The third kappa shape index (κ3) is 4.75. The molecule has 0 bridgehead atoms. The van der Waals surface area contributed by atoms with Crippen molar-refractivity contribution in [2.75, 3.05) is 0 Å². The number of hydrogen-bond acceptors (Lipinski definition) is 4. The Hall–Kier alpha value is -4.51. The number of aromatic nitrogens is 2. The van der Waals surface area contributed by atoms with Crippen molar-refractivity contribution >= 4 is 65.8 Å². The first-order chi connectivity index (χ1) is 20.6. The van der Waals surface area contributed by atoms with E-state index < -0.39 is 0 Å². The predicted octanol–water partition coefficient (Wildman–Crippen LogP) is 9.93. The van der Waals surface area contributed by atoms with Crippen molar-refractivity contribution in [2.45, 2.75) is 40.0 Å². The van der Waals surface area contributed by atoms with Gasteiger partial charge in [-0.05, 0) is 60.3 Å². The molecule has 44 heavy (non-hydrogen) atoms. The van der Waals surface area contributed by atoms with Crippen molar-refractivity contribution in [3.63, 3.8) is 0 Å². The minimum absolute atomic E-state index is 0. The van der Waals surface area contributed by atoms with Crippen molar-refractivity contribution in [3.8, 4) is 11.3 Å². The largest absolute Gasteiger partial charge is 0.512 e. The third-order valence-corrected chi connectivity index (χ3v) is 8.05. The number of ketones is 1. The summed E-state index contributed by atoms with van der Waals surface area (Å²) in [4.78, 5) is 14.7. The first-order valence-corrected chi connectivity index (χ1v) is 14.4. The first-order valence-electron chi connectivity index (χ1n) is 14.4. The van der Waals surface area contributed by atoms with E-state index >= 15 is 0 Å². The van der Waals surface area contributed by atoms with Crippen LogP contribution in [0.4, 0.5) is 0 Å². The van der Waals surface area contributed by atoms with Crippen LogP contribution in [0, 0.1) is 6.07 Å². The number of para-hydroxylation sites is 2. The molecular formula is C38H31IrN2O3-. The van der Waals surface area contributed by atoms with Gasteiger partial charge in [0.05, 0.1) is 11.3 Å². The average Bonchev–Trinajstić information content (AvgIpc) is 3.62. The molecule has 4 aromatic carbocycles. The van der Waals surface area contributed by atoms with Gasteiger partial charge in [-0.1, -0.05) is 68.6 Å². The Morgan fingerprint density at radius 3 is 2.30 bits per heavy atom. The van der Waals surface area contributed by atoms with Crippen molar-refractivity contribution in [3.05, 3.63) is 109 Å². The fourth-order valence-electron chi connectivity index (χ4n) is 6.20. The average molecular weight is 756 g/mol. The number of allylic oxidation sites excluding steroid dienone is 2. The summed E-state index contributed by atoms with van der Waals surface area (Å²) in [6.45, 7) is 9.55. The number of carbonyl (C=O) groups excluding carboxylic acids is 1. The van der Waals surface area contributed by atoms with Crippen LogP contribution in [0.1, 0.15) is 40.2 Å². The van der Waals surface area contributed by atoms with Crippen LogP contribution < -0.4 is 0 Å². The summed E-state index contributed by atoms with van der Waals surface area (Å²) in [5, 5.41) is 15.6. The number of aliphatic hydroxyl groups excluding tert-OH is 1. The second-order valence-electron chi connectivity index (χ2n) is 12.2. The Labute approximate surface area is 268 Å². The van der Waals surface area contributed by atoms with Crippen LogP contribution in [0.5, 0.6) is 0 Å². The van der Waals surface area contributed by atoms with Gasteiger partial charge in [0.15, 0.2) is 5.78 Å². The number of aliphatic hydroxyl groups is 1. The van der Waals surface area contributed by atoms with Crippen molar-refractivity contribution < 1.29 is 34.4 Å². The van der Waals surface area contributed by atoms with Gasteiger partial charge < -0.3 is 18.9 Å². The van der Waals surface area contributed by atoms with E-state index in [1.165, 1.54) is 63.5 Å². The van der Waals surface area contributed by atoms with Gasteiger partial charge in [-0.25, -0.2) is 0 Å². The molecule has 0 aliphatic heterocycles. The number of fused-ring (bicyclic) bond motifs is 10. The second-order valence-corrected chi connectivity index (χ2v) is 12.2. The molecule has 0 fully saturated rings. The van der Waals surface area contributed by atoms with Crippen LogP contribution in [0.3, 0.4) is 0 Å². The molecule has 0 spiro atoms. The predicted molar refractivity (Wildman–Crippen MR) is 176 cm³/mol. The molecule has 0 aliphatic carbocycles. The van der Waals surface area contributed by atoms with Gasteiger partial charge in [0.25, 0.3) is 0 Å². The summed E-state index contributed by atoms with van der Waals surface area (Å²) in [7, 11) is 0. The van der Waals surface area contributed by atoms with Crippen LogP contribution in [0.25, 0.3) is 71.3 Å². The Morgan fingerprint density at radius 1 is 0.864 bits per heavy atom. The molecule has 1 N–H and O–H groups in total. The first kappa shape index (κ1) is 29.6. The number of benzene rings is 4. The summed E-state index contributed by atoms with van der Waals surface area (Å²) in [6, 6.07) is 31.5.